The molecule has 0 radical (unpaired) electrons. The topological polar surface area (TPSA) is 67.7 Å². The summed E-state index contributed by atoms with van der Waals surface area (Å²) in [4.78, 5) is 17.0. The van der Waals surface area contributed by atoms with E-state index in [4.69, 9.17) is 9.97 Å². The van der Waals surface area contributed by atoms with Crippen molar-refractivity contribution in [1.29, 1.82) is 0 Å². The maximum absolute atomic E-state index is 4.85. The van der Waals surface area contributed by atoms with Gasteiger partial charge in [0.2, 0.25) is 5.95 Å². The second-order valence-corrected chi connectivity index (χ2v) is 10.5. The van der Waals surface area contributed by atoms with Crippen LogP contribution in [0.1, 0.15) is 62.4 Å². The molecular formula is C26H32N6S. The van der Waals surface area contributed by atoms with Crippen LogP contribution >= 0.6 is 11.3 Å². The summed E-state index contributed by atoms with van der Waals surface area (Å²) >= 11 is 1.83. The molecule has 2 N–H and O–H groups in total. The average molecular weight is 461 g/mol. The van der Waals surface area contributed by atoms with Crippen molar-refractivity contribution in [2.24, 2.45) is 0 Å². The van der Waals surface area contributed by atoms with E-state index in [-0.39, 0.29) is 6.04 Å². The van der Waals surface area contributed by atoms with Gasteiger partial charge >= 0.3 is 0 Å². The number of aryl methyl sites for hydroxylation is 1. The molecule has 3 aromatic heterocycles. The van der Waals surface area contributed by atoms with Crippen LogP contribution < -0.4 is 10.6 Å². The van der Waals surface area contributed by atoms with E-state index < -0.39 is 0 Å². The Labute approximate surface area is 199 Å². The van der Waals surface area contributed by atoms with Crippen LogP contribution in [0.4, 0.5) is 11.8 Å². The number of benzene rings is 1. The van der Waals surface area contributed by atoms with Gasteiger partial charge in [0.05, 0.1) is 6.33 Å². The molecule has 7 heteroatoms. The lowest BCUT2D eigenvalue weighted by Crippen LogP contribution is -2.24. The minimum Gasteiger partial charge on any atom is -0.364 e. The number of aromatic nitrogens is 4. The molecule has 0 amide bonds. The molecule has 33 heavy (non-hydrogen) atoms. The van der Waals surface area contributed by atoms with Crippen molar-refractivity contribution in [1.82, 2.24) is 19.5 Å². The van der Waals surface area contributed by atoms with Gasteiger partial charge in [-0.1, -0.05) is 43.5 Å². The van der Waals surface area contributed by atoms with Gasteiger partial charge in [-0.3, -0.25) is 0 Å². The van der Waals surface area contributed by atoms with Gasteiger partial charge in [-0.2, -0.15) is 9.97 Å². The SMILES string of the molecule is Cc1ccc(-c2ccc(CNc3nc(NC4CCCCC4)nc4c3ncn4C(C)C)cc2)s1. The van der Waals surface area contributed by atoms with Crippen LogP contribution in [0.5, 0.6) is 0 Å². The van der Waals surface area contributed by atoms with E-state index in [1.807, 2.05) is 17.7 Å². The minimum absolute atomic E-state index is 0.286. The minimum atomic E-state index is 0.286. The monoisotopic (exact) mass is 460 g/mol. The fourth-order valence-corrected chi connectivity index (χ4v) is 5.35. The number of hydrogen-bond donors (Lipinski definition) is 2. The average Bonchev–Trinajstić information content (AvgIpc) is 3.45. The van der Waals surface area contributed by atoms with Crippen LogP contribution in [-0.2, 0) is 6.54 Å². The summed E-state index contributed by atoms with van der Waals surface area (Å²) in [5, 5.41) is 7.13. The van der Waals surface area contributed by atoms with E-state index in [2.05, 4.69) is 77.4 Å². The first kappa shape index (κ1) is 21.9. The molecule has 1 fully saturated rings. The van der Waals surface area contributed by atoms with Gasteiger partial charge in [0.25, 0.3) is 0 Å². The molecule has 1 saturated carbocycles. The largest absolute Gasteiger partial charge is 0.364 e. The molecule has 0 bridgehead atoms. The summed E-state index contributed by atoms with van der Waals surface area (Å²) in [6.07, 6.45) is 8.12. The zero-order chi connectivity index (χ0) is 22.8. The van der Waals surface area contributed by atoms with Gasteiger partial charge in [-0.15, -0.1) is 11.3 Å². The maximum atomic E-state index is 4.85. The van der Waals surface area contributed by atoms with Crippen molar-refractivity contribution in [2.45, 2.75) is 71.5 Å². The third kappa shape index (κ3) is 4.88. The predicted molar refractivity (Wildman–Crippen MR) is 138 cm³/mol. The summed E-state index contributed by atoms with van der Waals surface area (Å²) in [6.45, 7) is 7.14. The van der Waals surface area contributed by atoms with E-state index in [0.29, 0.717) is 18.5 Å². The zero-order valence-electron chi connectivity index (χ0n) is 19.6. The molecule has 1 aliphatic rings. The Morgan fingerprint density at radius 1 is 1.03 bits per heavy atom. The van der Waals surface area contributed by atoms with Crippen LogP contribution in [-0.4, -0.2) is 25.6 Å². The van der Waals surface area contributed by atoms with E-state index in [9.17, 15) is 0 Å². The second kappa shape index (κ2) is 9.51. The van der Waals surface area contributed by atoms with Gasteiger partial charge in [0.1, 0.15) is 0 Å². The number of nitrogens with one attached hydrogen (secondary N) is 2. The number of imidazole rings is 1. The first-order valence-corrected chi connectivity index (χ1v) is 12.8. The zero-order valence-corrected chi connectivity index (χ0v) is 20.5. The molecule has 0 aliphatic heterocycles. The lowest BCUT2D eigenvalue weighted by molar-refractivity contribution is 0.461. The van der Waals surface area contributed by atoms with Gasteiger partial charge < -0.3 is 15.2 Å². The molecule has 0 spiro atoms. The molecule has 0 unspecified atom stereocenters. The lowest BCUT2D eigenvalue weighted by Gasteiger charge is -2.23. The Morgan fingerprint density at radius 3 is 2.52 bits per heavy atom. The molecule has 1 aromatic carbocycles. The van der Waals surface area contributed by atoms with Crippen LogP contribution in [0.3, 0.4) is 0 Å². The molecule has 0 atom stereocenters. The number of anilines is 2. The van der Waals surface area contributed by atoms with Gasteiger partial charge in [-0.05, 0) is 56.9 Å². The van der Waals surface area contributed by atoms with Crippen molar-refractivity contribution < 1.29 is 0 Å². The molecule has 0 saturated heterocycles. The standard InChI is InChI=1S/C26H32N6S/c1-17(2)32-16-28-23-24(30-26(31-25(23)32)29-21-7-5-4-6-8-21)27-15-19-10-12-20(13-11-19)22-14-9-18(3)33-22/h9-14,16-17,21H,4-8,15H2,1-3H3,(H2,27,29,30,31). The van der Waals surface area contributed by atoms with E-state index in [1.54, 1.807) is 0 Å². The van der Waals surface area contributed by atoms with Crippen LogP contribution in [0.2, 0.25) is 0 Å². The fraction of sp³-hybridized carbons (Fsp3) is 0.423. The summed E-state index contributed by atoms with van der Waals surface area (Å²) in [7, 11) is 0. The Hall–Kier alpha value is -2.93. The van der Waals surface area contributed by atoms with Crippen molar-refractivity contribution in [3.05, 3.63) is 53.2 Å². The molecule has 3 heterocycles. The highest BCUT2D eigenvalue weighted by molar-refractivity contribution is 7.15. The van der Waals surface area contributed by atoms with Crippen LogP contribution in [0.25, 0.3) is 21.6 Å². The summed E-state index contributed by atoms with van der Waals surface area (Å²) in [6, 6.07) is 13.9. The van der Waals surface area contributed by atoms with Crippen LogP contribution in [0.15, 0.2) is 42.7 Å². The van der Waals surface area contributed by atoms with Gasteiger partial charge in [0.15, 0.2) is 17.0 Å². The van der Waals surface area contributed by atoms with E-state index in [1.165, 1.54) is 53.0 Å². The van der Waals surface area contributed by atoms with Gasteiger partial charge in [0, 0.05) is 28.4 Å². The quantitative estimate of drug-likeness (QED) is 0.317. The summed E-state index contributed by atoms with van der Waals surface area (Å²) < 4.78 is 2.12. The second-order valence-electron chi connectivity index (χ2n) is 9.25. The first-order valence-electron chi connectivity index (χ1n) is 12.0. The third-order valence-corrected chi connectivity index (χ3v) is 7.40. The Balaban J connectivity index is 1.38. The van der Waals surface area contributed by atoms with Crippen LogP contribution in [0, 0.1) is 6.92 Å². The number of hydrogen-bond acceptors (Lipinski definition) is 6. The fourth-order valence-electron chi connectivity index (χ4n) is 4.47. The molecule has 6 nitrogen and oxygen atoms in total. The lowest BCUT2D eigenvalue weighted by atomic mass is 9.96. The maximum Gasteiger partial charge on any atom is 0.227 e. The smallest absolute Gasteiger partial charge is 0.227 e. The highest BCUT2D eigenvalue weighted by Gasteiger charge is 2.18. The Bertz CT molecular complexity index is 1220. The highest BCUT2D eigenvalue weighted by Crippen LogP contribution is 2.29. The van der Waals surface area contributed by atoms with E-state index >= 15 is 0 Å². The first-order chi connectivity index (χ1) is 16.1. The highest BCUT2D eigenvalue weighted by atomic mass is 32.1. The molecular weight excluding hydrogens is 428 g/mol. The summed E-state index contributed by atoms with van der Waals surface area (Å²) in [5.74, 6) is 1.48. The predicted octanol–water partition coefficient (Wildman–Crippen LogP) is 6.80. The molecule has 5 rings (SSSR count). The Morgan fingerprint density at radius 2 is 1.82 bits per heavy atom. The normalized spacial score (nSPS) is 14.8. The number of nitrogens with zero attached hydrogens (tertiary/aromatic N) is 4. The number of rotatable bonds is 7. The summed E-state index contributed by atoms with van der Waals surface area (Å²) in [5.41, 5.74) is 4.17. The molecule has 1 aliphatic carbocycles. The van der Waals surface area contributed by atoms with Crippen molar-refractivity contribution in [2.75, 3.05) is 10.6 Å². The van der Waals surface area contributed by atoms with Crippen molar-refractivity contribution in [3.8, 4) is 10.4 Å². The molecule has 172 valence electrons. The number of fused-ring (bicyclic) bond motifs is 1. The third-order valence-electron chi connectivity index (χ3n) is 6.35. The van der Waals surface area contributed by atoms with Gasteiger partial charge in [-0.25, -0.2) is 4.98 Å². The van der Waals surface area contributed by atoms with E-state index in [0.717, 1.165) is 17.0 Å². The van der Waals surface area contributed by atoms with Crippen molar-refractivity contribution in [3.63, 3.8) is 0 Å². The molecule has 4 aromatic rings. The number of thiophene rings is 1. The Kier molecular flexibility index (Phi) is 6.31. The van der Waals surface area contributed by atoms with Crippen molar-refractivity contribution >= 4 is 34.3 Å².